The van der Waals surface area contributed by atoms with Crippen molar-refractivity contribution >= 4 is 21.7 Å². The highest BCUT2D eigenvalue weighted by atomic mass is 79.9. The highest BCUT2D eigenvalue weighted by molar-refractivity contribution is 9.10. The lowest BCUT2D eigenvalue weighted by molar-refractivity contribution is 0.104. The van der Waals surface area contributed by atoms with Crippen molar-refractivity contribution in [3.8, 4) is 0 Å². The lowest BCUT2D eigenvalue weighted by Crippen LogP contribution is -2.09. The van der Waals surface area contributed by atoms with Crippen molar-refractivity contribution in [1.82, 2.24) is 4.98 Å². The second kappa shape index (κ2) is 6.49. The summed E-state index contributed by atoms with van der Waals surface area (Å²) >= 11 is 3.48. The summed E-state index contributed by atoms with van der Waals surface area (Å²) in [5.41, 5.74) is 4.47. The van der Waals surface area contributed by atoms with E-state index in [2.05, 4.69) is 26.3 Å². The smallest absolute Gasteiger partial charge is 0.140 e. The van der Waals surface area contributed by atoms with Gasteiger partial charge in [-0.05, 0) is 23.8 Å². The van der Waals surface area contributed by atoms with Crippen molar-refractivity contribution < 1.29 is 4.74 Å². The second-order valence-corrected chi connectivity index (χ2v) is 4.60. The molecule has 0 saturated carbocycles. The topological polar surface area (TPSA) is 60.2 Å². The zero-order valence-electron chi connectivity index (χ0n) is 9.77. The number of hydrogen-bond acceptors (Lipinski definition) is 4. The molecule has 0 unspecified atom stereocenters. The molecule has 18 heavy (non-hydrogen) atoms. The van der Waals surface area contributed by atoms with Gasteiger partial charge < -0.3 is 10.2 Å². The largest absolute Gasteiger partial charge is 0.370 e. The molecule has 0 atom stereocenters. The zero-order chi connectivity index (χ0) is 12.8. The lowest BCUT2D eigenvalue weighted by Gasteiger charge is -2.07. The second-order valence-electron chi connectivity index (χ2n) is 3.74. The fourth-order valence-electron chi connectivity index (χ4n) is 1.52. The van der Waals surface area contributed by atoms with Gasteiger partial charge in [-0.1, -0.05) is 40.2 Å². The molecule has 0 aliphatic carbocycles. The Balaban J connectivity index is 1.90. The average Bonchev–Trinajstić information content (AvgIpc) is 2.41. The fraction of sp³-hybridized carbons (Fsp3) is 0.154. The molecule has 0 saturated heterocycles. The predicted molar refractivity (Wildman–Crippen MR) is 74.7 cm³/mol. The summed E-state index contributed by atoms with van der Waals surface area (Å²) in [6.07, 6.45) is 0. The molecule has 0 fully saturated rings. The molecule has 94 valence electrons. The molecule has 4 nitrogen and oxygen atoms in total. The maximum Gasteiger partial charge on any atom is 0.140 e. The Morgan fingerprint density at radius 2 is 1.94 bits per heavy atom. The molecule has 1 heterocycles. The van der Waals surface area contributed by atoms with E-state index >= 15 is 0 Å². The lowest BCUT2D eigenvalue weighted by atomic mass is 10.2. The van der Waals surface area contributed by atoms with Crippen LogP contribution >= 0.6 is 15.9 Å². The van der Waals surface area contributed by atoms with E-state index in [1.807, 2.05) is 36.4 Å². The third-order valence-electron chi connectivity index (χ3n) is 2.42. The van der Waals surface area contributed by atoms with E-state index in [9.17, 15) is 0 Å². The van der Waals surface area contributed by atoms with Gasteiger partial charge in [-0.2, -0.15) is 0 Å². The summed E-state index contributed by atoms with van der Waals surface area (Å²) in [4.78, 5) is 4.27. The van der Waals surface area contributed by atoms with Crippen LogP contribution < -0.4 is 11.3 Å². The number of hydrogen-bond donors (Lipinski definition) is 2. The molecule has 1 aromatic carbocycles. The number of benzene rings is 1. The SMILES string of the molecule is NNc1cccc(COCc2ccccc2Br)n1. The van der Waals surface area contributed by atoms with E-state index in [0.29, 0.717) is 19.0 Å². The normalized spacial score (nSPS) is 10.3. The molecule has 3 N–H and O–H groups in total. The van der Waals surface area contributed by atoms with Crippen LogP contribution in [-0.2, 0) is 18.0 Å². The van der Waals surface area contributed by atoms with Gasteiger partial charge in [-0.15, -0.1) is 0 Å². The number of nitrogen functional groups attached to an aromatic ring is 1. The van der Waals surface area contributed by atoms with Gasteiger partial charge in [0, 0.05) is 4.47 Å². The molecule has 0 spiro atoms. The van der Waals surface area contributed by atoms with Crippen LogP contribution in [0.15, 0.2) is 46.9 Å². The van der Waals surface area contributed by atoms with E-state index in [1.165, 1.54) is 0 Å². The number of rotatable bonds is 5. The van der Waals surface area contributed by atoms with Crippen molar-refractivity contribution in [1.29, 1.82) is 0 Å². The van der Waals surface area contributed by atoms with Crippen LogP contribution in [0, 0.1) is 0 Å². The quantitative estimate of drug-likeness (QED) is 0.659. The number of halogens is 1. The van der Waals surface area contributed by atoms with Gasteiger partial charge in [0.05, 0.1) is 18.9 Å². The van der Waals surface area contributed by atoms with Gasteiger partial charge in [0.25, 0.3) is 0 Å². The van der Waals surface area contributed by atoms with Crippen LogP contribution in [0.3, 0.4) is 0 Å². The first-order valence-electron chi connectivity index (χ1n) is 5.53. The summed E-state index contributed by atoms with van der Waals surface area (Å²) in [6, 6.07) is 13.6. The molecule has 0 aliphatic rings. The number of anilines is 1. The average molecular weight is 308 g/mol. The summed E-state index contributed by atoms with van der Waals surface area (Å²) < 4.78 is 6.68. The first kappa shape index (κ1) is 13.0. The first-order chi connectivity index (χ1) is 8.79. The molecule has 2 rings (SSSR count). The van der Waals surface area contributed by atoms with Crippen molar-refractivity contribution in [2.75, 3.05) is 5.43 Å². The van der Waals surface area contributed by atoms with E-state index in [1.54, 1.807) is 6.07 Å². The van der Waals surface area contributed by atoms with Gasteiger partial charge in [0.15, 0.2) is 0 Å². The van der Waals surface area contributed by atoms with Crippen molar-refractivity contribution in [3.05, 3.63) is 58.2 Å². The molecule has 0 bridgehead atoms. The number of pyridine rings is 1. The highest BCUT2D eigenvalue weighted by Gasteiger charge is 2.00. The minimum atomic E-state index is 0.455. The number of nitrogens with one attached hydrogen (secondary N) is 1. The summed E-state index contributed by atoms with van der Waals surface area (Å²) in [5, 5.41) is 0. The standard InChI is InChI=1S/C13H14BrN3O/c14-12-6-2-1-4-10(12)8-18-9-11-5-3-7-13(16-11)17-15/h1-7H,8-9,15H2,(H,16,17). The third kappa shape index (κ3) is 3.53. The monoisotopic (exact) mass is 307 g/mol. The Labute approximate surface area is 114 Å². The van der Waals surface area contributed by atoms with Crippen LogP contribution in [0.1, 0.15) is 11.3 Å². The van der Waals surface area contributed by atoms with Gasteiger partial charge in [-0.3, -0.25) is 0 Å². The molecule has 1 aromatic heterocycles. The molecular formula is C13H14BrN3O. The van der Waals surface area contributed by atoms with Crippen molar-refractivity contribution in [3.63, 3.8) is 0 Å². The van der Waals surface area contributed by atoms with E-state index < -0.39 is 0 Å². The number of ether oxygens (including phenoxy) is 1. The highest BCUT2D eigenvalue weighted by Crippen LogP contribution is 2.17. The molecule has 0 aliphatic heterocycles. The van der Waals surface area contributed by atoms with E-state index in [-0.39, 0.29) is 0 Å². The van der Waals surface area contributed by atoms with Crippen LogP contribution in [0.5, 0.6) is 0 Å². The zero-order valence-corrected chi connectivity index (χ0v) is 11.4. The molecule has 5 heteroatoms. The minimum Gasteiger partial charge on any atom is -0.370 e. The fourth-order valence-corrected chi connectivity index (χ4v) is 1.92. The van der Waals surface area contributed by atoms with Crippen LogP contribution in [0.2, 0.25) is 0 Å². The number of nitrogens with zero attached hydrogens (tertiary/aromatic N) is 1. The number of aromatic nitrogens is 1. The Morgan fingerprint density at radius 3 is 2.72 bits per heavy atom. The van der Waals surface area contributed by atoms with Gasteiger partial charge in [0.2, 0.25) is 0 Å². The number of nitrogens with two attached hydrogens (primary N) is 1. The Hall–Kier alpha value is -1.43. The van der Waals surface area contributed by atoms with E-state index in [4.69, 9.17) is 10.6 Å². The minimum absolute atomic E-state index is 0.455. The Bertz CT molecular complexity index is 519. The number of hydrazine groups is 1. The Morgan fingerprint density at radius 1 is 1.11 bits per heavy atom. The maximum absolute atomic E-state index is 5.62. The third-order valence-corrected chi connectivity index (χ3v) is 3.19. The van der Waals surface area contributed by atoms with E-state index in [0.717, 1.165) is 15.7 Å². The first-order valence-corrected chi connectivity index (χ1v) is 6.32. The predicted octanol–water partition coefficient (Wildman–Crippen LogP) is 2.85. The summed E-state index contributed by atoms with van der Waals surface area (Å²) in [6.45, 7) is 1.00. The van der Waals surface area contributed by atoms with Crippen molar-refractivity contribution in [2.45, 2.75) is 13.2 Å². The molecular weight excluding hydrogens is 294 g/mol. The maximum atomic E-state index is 5.62. The van der Waals surface area contributed by atoms with Gasteiger partial charge >= 0.3 is 0 Å². The molecule has 0 amide bonds. The molecule has 0 radical (unpaired) electrons. The Kier molecular flexibility index (Phi) is 4.69. The van der Waals surface area contributed by atoms with Crippen LogP contribution in [-0.4, -0.2) is 4.98 Å². The van der Waals surface area contributed by atoms with Crippen LogP contribution in [0.25, 0.3) is 0 Å². The van der Waals surface area contributed by atoms with Crippen molar-refractivity contribution in [2.24, 2.45) is 5.84 Å². The summed E-state index contributed by atoms with van der Waals surface area (Å²) in [7, 11) is 0. The van der Waals surface area contributed by atoms with Gasteiger partial charge in [-0.25, -0.2) is 10.8 Å². The van der Waals surface area contributed by atoms with Crippen LogP contribution in [0.4, 0.5) is 5.82 Å². The summed E-state index contributed by atoms with van der Waals surface area (Å²) in [5.74, 6) is 5.93. The molecule has 2 aromatic rings. The van der Waals surface area contributed by atoms with Gasteiger partial charge in [0.1, 0.15) is 5.82 Å².